The number of hydrogen-bond donors (Lipinski definition) is 1. The molecule has 3 rings (SSSR count). The lowest BCUT2D eigenvalue weighted by molar-refractivity contribution is 0.264. The van der Waals surface area contributed by atoms with Crippen molar-refractivity contribution in [1.29, 1.82) is 0 Å². The lowest BCUT2D eigenvalue weighted by Gasteiger charge is -2.30. The molecule has 100 valence electrons. The fourth-order valence-electron chi connectivity index (χ4n) is 2.32. The molecule has 1 aliphatic heterocycles. The number of anilines is 1. The SMILES string of the molecule is CN1CCC(Nc2ccc(-n3cncn3)nc2)CC1. The third-order valence-electron chi connectivity index (χ3n) is 3.49. The van der Waals surface area contributed by atoms with Gasteiger partial charge in [-0.1, -0.05) is 0 Å². The average Bonchev–Trinajstić information content (AvgIpc) is 2.96. The first-order valence-electron chi connectivity index (χ1n) is 6.57. The Labute approximate surface area is 112 Å². The van der Waals surface area contributed by atoms with Gasteiger partial charge >= 0.3 is 0 Å². The van der Waals surface area contributed by atoms with Crippen LogP contribution in [0, 0.1) is 0 Å². The number of likely N-dealkylation sites (tertiary alicyclic amines) is 1. The number of aromatic nitrogens is 4. The Kier molecular flexibility index (Phi) is 3.41. The molecule has 6 heteroatoms. The number of rotatable bonds is 3. The topological polar surface area (TPSA) is 58.9 Å². The van der Waals surface area contributed by atoms with Gasteiger partial charge < -0.3 is 10.2 Å². The van der Waals surface area contributed by atoms with Crippen LogP contribution in [0.15, 0.2) is 31.0 Å². The van der Waals surface area contributed by atoms with Gasteiger partial charge in [0, 0.05) is 6.04 Å². The van der Waals surface area contributed by atoms with Crippen molar-refractivity contribution in [3.8, 4) is 5.82 Å². The Morgan fingerprint density at radius 1 is 1.26 bits per heavy atom. The first kappa shape index (κ1) is 12.1. The summed E-state index contributed by atoms with van der Waals surface area (Å²) in [6.07, 6.45) is 7.37. The molecular weight excluding hydrogens is 240 g/mol. The van der Waals surface area contributed by atoms with Crippen molar-refractivity contribution in [2.75, 3.05) is 25.5 Å². The molecule has 0 aliphatic carbocycles. The van der Waals surface area contributed by atoms with E-state index in [9.17, 15) is 0 Å². The molecule has 0 saturated carbocycles. The van der Waals surface area contributed by atoms with Gasteiger partial charge in [-0.3, -0.25) is 0 Å². The number of nitrogens with zero attached hydrogens (tertiary/aromatic N) is 5. The Hall–Kier alpha value is -1.95. The van der Waals surface area contributed by atoms with E-state index < -0.39 is 0 Å². The molecule has 0 unspecified atom stereocenters. The minimum atomic E-state index is 0.551. The van der Waals surface area contributed by atoms with E-state index in [1.165, 1.54) is 19.2 Å². The molecule has 1 fully saturated rings. The molecule has 0 spiro atoms. The molecular formula is C13H18N6. The molecule has 1 N–H and O–H groups in total. The molecule has 2 aromatic heterocycles. The van der Waals surface area contributed by atoms with Crippen LogP contribution in [0.4, 0.5) is 5.69 Å². The first-order chi connectivity index (χ1) is 9.31. The highest BCUT2D eigenvalue weighted by Crippen LogP contribution is 2.15. The van der Waals surface area contributed by atoms with Gasteiger partial charge in [0.05, 0.1) is 11.9 Å². The summed E-state index contributed by atoms with van der Waals surface area (Å²) in [6.45, 7) is 2.31. The Bertz CT molecular complexity index is 498. The molecule has 3 heterocycles. The molecule has 1 saturated heterocycles. The third kappa shape index (κ3) is 2.90. The van der Waals surface area contributed by atoms with Crippen LogP contribution in [0.2, 0.25) is 0 Å². The van der Waals surface area contributed by atoms with Gasteiger partial charge in [0.25, 0.3) is 0 Å². The Balaban J connectivity index is 1.63. The second-order valence-corrected chi connectivity index (χ2v) is 4.97. The van der Waals surface area contributed by atoms with E-state index in [0.29, 0.717) is 6.04 Å². The number of nitrogens with one attached hydrogen (secondary N) is 1. The summed E-state index contributed by atoms with van der Waals surface area (Å²) in [5, 5.41) is 7.60. The molecule has 0 amide bonds. The number of pyridine rings is 1. The van der Waals surface area contributed by atoms with E-state index in [4.69, 9.17) is 0 Å². The van der Waals surface area contributed by atoms with Gasteiger partial charge in [-0.2, -0.15) is 5.10 Å². The zero-order valence-corrected chi connectivity index (χ0v) is 11.0. The highest BCUT2D eigenvalue weighted by atomic mass is 15.3. The zero-order valence-electron chi connectivity index (χ0n) is 11.0. The van der Waals surface area contributed by atoms with Gasteiger partial charge in [-0.05, 0) is 45.1 Å². The molecule has 19 heavy (non-hydrogen) atoms. The van der Waals surface area contributed by atoms with Crippen molar-refractivity contribution in [3.05, 3.63) is 31.0 Å². The van der Waals surface area contributed by atoms with E-state index in [0.717, 1.165) is 24.6 Å². The van der Waals surface area contributed by atoms with Crippen LogP contribution in [-0.2, 0) is 0 Å². The predicted octanol–water partition coefficient (Wildman–Crippen LogP) is 1.17. The molecule has 1 aliphatic rings. The minimum Gasteiger partial charge on any atom is -0.381 e. The first-order valence-corrected chi connectivity index (χ1v) is 6.57. The van der Waals surface area contributed by atoms with Gasteiger partial charge in [-0.25, -0.2) is 14.6 Å². The molecule has 6 nitrogen and oxygen atoms in total. The fraction of sp³-hybridized carbons (Fsp3) is 0.462. The normalized spacial score (nSPS) is 17.5. The average molecular weight is 258 g/mol. The summed E-state index contributed by atoms with van der Waals surface area (Å²) in [5.74, 6) is 0.784. The van der Waals surface area contributed by atoms with E-state index in [1.54, 1.807) is 11.0 Å². The van der Waals surface area contributed by atoms with Crippen molar-refractivity contribution >= 4 is 5.69 Å². The van der Waals surface area contributed by atoms with Gasteiger partial charge in [0.1, 0.15) is 12.7 Å². The second kappa shape index (κ2) is 5.36. The summed E-state index contributed by atoms with van der Waals surface area (Å²) < 4.78 is 1.65. The maximum atomic E-state index is 4.39. The molecule has 0 radical (unpaired) electrons. The largest absolute Gasteiger partial charge is 0.381 e. The van der Waals surface area contributed by atoms with Crippen molar-refractivity contribution in [2.45, 2.75) is 18.9 Å². The highest BCUT2D eigenvalue weighted by molar-refractivity contribution is 5.44. The Morgan fingerprint density at radius 2 is 2.11 bits per heavy atom. The standard InChI is InChI=1S/C13H18N6/c1-18-6-4-11(5-7-18)17-12-2-3-13(15-8-12)19-10-14-9-16-19/h2-3,8-11,17H,4-7H2,1H3. The number of piperidine rings is 1. The fourth-order valence-corrected chi connectivity index (χ4v) is 2.32. The highest BCUT2D eigenvalue weighted by Gasteiger charge is 2.16. The second-order valence-electron chi connectivity index (χ2n) is 4.97. The third-order valence-corrected chi connectivity index (χ3v) is 3.49. The molecule has 0 atom stereocenters. The van der Waals surface area contributed by atoms with E-state index in [2.05, 4.69) is 32.3 Å². The summed E-state index contributed by atoms with van der Waals surface area (Å²) in [6, 6.07) is 4.55. The minimum absolute atomic E-state index is 0.551. The molecule has 2 aromatic rings. The van der Waals surface area contributed by atoms with Crippen LogP contribution in [0.1, 0.15) is 12.8 Å². The van der Waals surface area contributed by atoms with Gasteiger partial charge in [-0.15, -0.1) is 0 Å². The zero-order chi connectivity index (χ0) is 13.1. The lowest BCUT2D eigenvalue weighted by Crippen LogP contribution is -2.36. The van der Waals surface area contributed by atoms with E-state index >= 15 is 0 Å². The maximum Gasteiger partial charge on any atom is 0.155 e. The van der Waals surface area contributed by atoms with Crippen LogP contribution in [0.3, 0.4) is 0 Å². The molecule has 0 aromatic carbocycles. The summed E-state index contributed by atoms with van der Waals surface area (Å²) in [7, 11) is 2.17. The van der Waals surface area contributed by atoms with Gasteiger partial charge in [0.2, 0.25) is 0 Å². The van der Waals surface area contributed by atoms with Crippen molar-refractivity contribution < 1.29 is 0 Å². The summed E-state index contributed by atoms with van der Waals surface area (Å²) >= 11 is 0. The lowest BCUT2D eigenvalue weighted by atomic mass is 10.1. The van der Waals surface area contributed by atoms with Crippen molar-refractivity contribution in [2.24, 2.45) is 0 Å². The maximum absolute atomic E-state index is 4.39. The van der Waals surface area contributed by atoms with Gasteiger partial charge in [0.15, 0.2) is 5.82 Å². The smallest absolute Gasteiger partial charge is 0.155 e. The quantitative estimate of drug-likeness (QED) is 0.895. The van der Waals surface area contributed by atoms with Crippen molar-refractivity contribution in [3.63, 3.8) is 0 Å². The summed E-state index contributed by atoms with van der Waals surface area (Å²) in [4.78, 5) is 10.7. The monoisotopic (exact) mass is 258 g/mol. The van der Waals surface area contributed by atoms with Crippen LogP contribution < -0.4 is 5.32 Å². The molecule has 0 bridgehead atoms. The Morgan fingerprint density at radius 3 is 2.74 bits per heavy atom. The van der Waals surface area contributed by atoms with Crippen LogP contribution >= 0.6 is 0 Å². The number of hydrogen-bond acceptors (Lipinski definition) is 5. The predicted molar refractivity (Wildman–Crippen MR) is 73.3 cm³/mol. The van der Waals surface area contributed by atoms with Crippen LogP contribution in [0.25, 0.3) is 5.82 Å². The summed E-state index contributed by atoms with van der Waals surface area (Å²) in [5.41, 5.74) is 1.07. The van der Waals surface area contributed by atoms with E-state index in [1.807, 2.05) is 18.3 Å². The van der Waals surface area contributed by atoms with Crippen LogP contribution in [-0.4, -0.2) is 50.8 Å². The van der Waals surface area contributed by atoms with E-state index in [-0.39, 0.29) is 0 Å². The van der Waals surface area contributed by atoms with Crippen LogP contribution in [0.5, 0.6) is 0 Å². The van der Waals surface area contributed by atoms with Crippen molar-refractivity contribution in [1.82, 2.24) is 24.6 Å².